The number of thiocarbonyl (C=S) groups is 1. The monoisotopic (exact) mass is 380 g/mol. The molecule has 0 spiro atoms. The minimum absolute atomic E-state index is 0.0454. The number of nitriles is 1. The second-order valence-electron chi connectivity index (χ2n) is 5.55. The van der Waals surface area contributed by atoms with Crippen molar-refractivity contribution >= 4 is 40.3 Å². The van der Waals surface area contributed by atoms with Gasteiger partial charge in [-0.1, -0.05) is 54.3 Å². The lowest BCUT2D eigenvalue weighted by atomic mass is 10.1. The molecule has 6 heteroatoms. The summed E-state index contributed by atoms with van der Waals surface area (Å²) in [6.07, 6.45) is 1.84. The van der Waals surface area contributed by atoms with Gasteiger partial charge < -0.3 is 4.74 Å². The van der Waals surface area contributed by atoms with Gasteiger partial charge in [0.25, 0.3) is 5.91 Å². The zero-order valence-electron chi connectivity index (χ0n) is 14.1. The summed E-state index contributed by atoms with van der Waals surface area (Å²) in [5, 5.41) is 9.11. The SMILES string of the molecule is CCN1C(=O)/C(=C\c2ccc(OCc3ccccc3C#N)cc2)SC1=S. The lowest BCUT2D eigenvalue weighted by Crippen LogP contribution is -2.27. The fourth-order valence-corrected chi connectivity index (χ4v) is 3.88. The summed E-state index contributed by atoms with van der Waals surface area (Å²) >= 11 is 6.54. The number of rotatable bonds is 5. The van der Waals surface area contributed by atoms with Crippen molar-refractivity contribution in [1.82, 2.24) is 4.90 Å². The number of likely N-dealkylation sites (N-methyl/N-ethyl adjacent to an activating group) is 1. The molecule has 3 rings (SSSR count). The van der Waals surface area contributed by atoms with Gasteiger partial charge in [0.15, 0.2) is 0 Å². The number of amides is 1. The van der Waals surface area contributed by atoms with E-state index in [0.717, 1.165) is 11.1 Å². The molecule has 2 aromatic rings. The van der Waals surface area contributed by atoms with Gasteiger partial charge in [0.1, 0.15) is 16.7 Å². The Labute approximate surface area is 162 Å². The largest absolute Gasteiger partial charge is 0.489 e. The molecule has 1 saturated heterocycles. The zero-order valence-corrected chi connectivity index (χ0v) is 15.8. The van der Waals surface area contributed by atoms with Gasteiger partial charge in [-0.05, 0) is 36.8 Å². The van der Waals surface area contributed by atoms with E-state index in [1.165, 1.54) is 11.8 Å². The van der Waals surface area contributed by atoms with Crippen molar-refractivity contribution in [1.29, 1.82) is 5.26 Å². The van der Waals surface area contributed by atoms with Crippen LogP contribution < -0.4 is 4.74 Å². The van der Waals surface area contributed by atoms with Gasteiger partial charge in [0, 0.05) is 12.1 Å². The molecule has 1 amide bonds. The second kappa shape index (κ2) is 8.17. The third-order valence-electron chi connectivity index (χ3n) is 3.90. The first kappa shape index (κ1) is 18.2. The van der Waals surface area contributed by atoms with Crippen LogP contribution in [0.3, 0.4) is 0 Å². The Morgan fingerprint density at radius 3 is 2.62 bits per heavy atom. The van der Waals surface area contributed by atoms with Gasteiger partial charge in [-0.3, -0.25) is 9.69 Å². The molecule has 0 radical (unpaired) electrons. The highest BCUT2D eigenvalue weighted by atomic mass is 32.2. The van der Waals surface area contributed by atoms with Crippen molar-refractivity contribution < 1.29 is 9.53 Å². The summed E-state index contributed by atoms with van der Waals surface area (Å²) in [7, 11) is 0. The molecule has 0 aromatic heterocycles. The molecule has 0 aliphatic carbocycles. The van der Waals surface area contributed by atoms with E-state index < -0.39 is 0 Å². The summed E-state index contributed by atoms with van der Waals surface area (Å²) < 4.78 is 6.36. The average Bonchev–Trinajstić information content (AvgIpc) is 2.94. The van der Waals surface area contributed by atoms with Gasteiger partial charge in [0.2, 0.25) is 0 Å². The Morgan fingerprint density at radius 2 is 1.96 bits per heavy atom. The lowest BCUT2D eigenvalue weighted by Gasteiger charge is -2.09. The molecule has 26 heavy (non-hydrogen) atoms. The number of hydrogen-bond donors (Lipinski definition) is 0. The van der Waals surface area contributed by atoms with Crippen LogP contribution in [0.2, 0.25) is 0 Å². The van der Waals surface area contributed by atoms with Crippen molar-refractivity contribution in [3.63, 3.8) is 0 Å². The predicted octanol–water partition coefficient (Wildman–Crippen LogP) is 4.36. The van der Waals surface area contributed by atoms with Gasteiger partial charge >= 0.3 is 0 Å². The Kier molecular flexibility index (Phi) is 5.71. The van der Waals surface area contributed by atoms with E-state index in [9.17, 15) is 4.79 Å². The molecular formula is C20H16N2O2S2. The number of nitrogens with zero attached hydrogens (tertiary/aromatic N) is 2. The number of ether oxygens (including phenoxy) is 1. The lowest BCUT2D eigenvalue weighted by molar-refractivity contribution is -0.121. The summed E-state index contributed by atoms with van der Waals surface area (Å²) in [5.74, 6) is 0.659. The van der Waals surface area contributed by atoms with Crippen molar-refractivity contribution in [2.24, 2.45) is 0 Å². The van der Waals surface area contributed by atoms with Crippen LogP contribution in [-0.4, -0.2) is 21.7 Å². The minimum atomic E-state index is -0.0454. The molecule has 0 atom stereocenters. The van der Waals surface area contributed by atoms with Crippen LogP contribution in [-0.2, 0) is 11.4 Å². The van der Waals surface area contributed by atoms with Crippen molar-refractivity contribution in [2.75, 3.05) is 6.54 Å². The average molecular weight is 380 g/mol. The summed E-state index contributed by atoms with van der Waals surface area (Å²) in [5.41, 5.74) is 2.37. The van der Waals surface area contributed by atoms with Gasteiger partial charge in [-0.25, -0.2) is 0 Å². The van der Waals surface area contributed by atoms with Crippen LogP contribution in [0.4, 0.5) is 0 Å². The molecule has 1 aliphatic heterocycles. The van der Waals surface area contributed by atoms with Crippen molar-refractivity contribution in [2.45, 2.75) is 13.5 Å². The van der Waals surface area contributed by atoms with E-state index in [4.69, 9.17) is 22.2 Å². The van der Waals surface area contributed by atoms with Crippen LogP contribution in [0.15, 0.2) is 53.4 Å². The van der Waals surface area contributed by atoms with Gasteiger partial charge in [-0.15, -0.1) is 0 Å². The molecule has 1 fully saturated rings. The quantitative estimate of drug-likeness (QED) is 0.570. The summed E-state index contributed by atoms with van der Waals surface area (Å²) in [6.45, 7) is 2.82. The highest BCUT2D eigenvalue weighted by molar-refractivity contribution is 8.26. The van der Waals surface area contributed by atoms with Crippen molar-refractivity contribution in [3.05, 3.63) is 70.1 Å². The highest BCUT2D eigenvalue weighted by Crippen LogP contribution is 2.32. The predicted molar refractivity (Wildman–Crippen MR) is 107 cm³/mol. The Balaban J connectivity index is 1.68. The minimum Gasteiger partial charge on any atom is -0.489 e. The van der Waals surface area contributed by atoms with E-state index >= 15 is 0 Å². The topological polar surface area (TPSA) is 53.3 Å². The maximum Gasteiger partial charge on any atom is 0.266 e. The van der Waals surface area contributed by atoms with Gasteiger partial charge in [-0.2, -0.15) is 5.26 Å². The first-order valence-electron chi connectivity index (χ1n) is 8.08. The standard InChI is InChI=1S/C20H16N2O2S2/c1-2-22-19(23)18(26-20(22)25)11-14-7-9-17(10-8-14)24-13-16-6-4-3-5-15(16)12-21/h3-11H,2,13H2,1H3/b18-11+. The first-order valence-corrected chi connectivity index (χ1v) is 9.31. The van der Waals surface area contributed by atoms with E-state index in [2.05, 4.69) is 6.07 Å². The molecule has 4 nitrogen and oxygen atoms in total. The van der Waals surface area contributed by atoms with Gasteiger partial charge in [0.05, 0.1) is 16.5 Å². The van der Waals surface area contributed by atoms with Crippen LogP contribution in [0, 0.1) is 11.3 Å². The van der Waals surface area contributed by atoms with Crippen molar-refractivity contribution in [3.8, 4) is 11.8 Å². The van der Waals surface area contributed by atoms with Crippen LogP contribution in [0.25, 0.3) is 6.08 Å². The fraction of sp³-hybridized carbons (Fsp3) is 0.150. The van der Waals surface area contributed by atoms with E-state index in [1.54, 1.807) is 11.0 Å². The van der Waals surface area contributed by atoms with E-state index in [-0.39, 0.29) is 5.91 Å². The molecule has 0 saturated carbocycles. The smallest absolute Gasteiger partial charge is 0.266 e. The Morgan fingerprint density at radius 1 is 1.23 bits per heavy atom. The van der Waals surface area contributed by atoms with E-state index in [1.807, 2.05) is 55.5 Å². The summed E-state index contributed by atoms with van der Waals surface area (Å²) in [4.78, 5) is 14.5. The third kappa shape index (κ3) is 3.96. The molecule has 0 unspecified atom stereocenters. The number of carbonyl (C=O) groups is 1. The zero-order chi connectivity index (χ0) is 18.5. The van der Waals surface area contributed by atoms with Crippen LogP contribution in [0.5, 0.6) is 5.75 Å². The summed E-state index contributed by atoms with van der Waals surface area (Å²) in [6, 6.07) is 17.0. The molecule has 2 aromatic carbocycles. The van der Waals surface area contributed by atoms with Crippen LogP contribution >= 0.6 is 24.0 Å². The maximum absolute atomic E-state index is 12.2. The molecule has 130 valence electrons. The molecule has 0 N–H and O–H groups in total. The first-order chi connectivity index (χ1) is 12.6. The third-order valence-corrected chi connectivity index (χ3v) is 5.28. The maximum atomic E-state index is 12.2. The molecule has 1 heterocycles. The highest BCUT2D eigenvalue weighted by Gasteiger charge is 2.30. The Bertz CT molecular complexity index is 914. The normalized spacial score (nSPS) is 15.4. The van der Waals surface area contributed by atoms with E-state index in [0.29, 0.717) is 33.7 Å². The number of carbonyl (C=O) groups excluding carboxylic acids is 1. The number of benzene rings is 2. The fourth-order valence-electron chi connectivity index (χ4n) is 2.50. The Hall–Kier alpha value is -2.62. The number of thioether (sulfide) groups is 1. The van der Waals surface area contributed by atoms with Crippen LogP contribution in [0.1, 0.15) is 23.6 Å². The molecule has 1 aliphatic rings. The second-order valence-corrected chi connectivity index (χ2v) is 7.23. The molecule has 0 bridgehead atoms. The molecular weight excluding hydrogens is 364 g/mol. The number of hydrogen-bond acceptors (Lipinski definition) is 5.